The first-order valence-corrected chi connectivity index (χ1v) is 9.39. The van der Waals surface area contributed by atoms with Gasteiger partial charge in [0.1, 0.15) is 17.2 Å². The third-order valence-corrected chi connectivity index (χ3v) is 4.99. The van der Waals surface area contributed by atoms with Gasteiger partial charge < -0.3 is 10.4 Å². The number of anilines is 1. The molecule has 1 amide bonds. The fourth-order valence-corrected chi connectivity index (χ4v) is 3.52. The topological polar surface area (TPSA) is 79.3 Å². The fraction of sp³-hybridized carbons (Fsp3) is 0.0952. The Hall–Kier alpha value is -3.13. The highest BCUT2D eigenvalue weighted by molar-refractivity contribution is 9.10. The number of aromatic carboxylic acids is 1. The van der Waals surface area contributed by atoms with Crippen molar-refractivity contribution in [3.63, 3.8) is 0 Å². The molecule has 0 saturated carbocycles. The molecule has 8 heteroatoms. The van der Waals surface area contributed by atoms with Crippen molar-refractivity contribution >= 4 is 33.5 Å². The molecule has 0 saturated heterocycles. The average molecular weight is 461 g/mol. The standard InChI is InChI=1S/C21H15BrF2N2O3/c1-2-13-14(22)10-25-19(17(13)21(28)29)11-6-8-12(9-7-11)26-20(27)18-15(23)4-3-5-16(18)24/h3-10H,2H2,1H3,(H,26,27)(H,28,29). The summed E-state index contributed by atoms with van der Waals surface area (Å²) in [7, 11) is 0. The Bertz CT molecular complexity index is 1080. The number of carboxylic acid groups (broad SMARTS) is 1. The molecule has 0 atom stereocenters. The summed E-state index contributed by atoms with van der Waals surface area (Å²) in [5, 5.41) is 12.1. The van der Waals surface area contributed by atoms with Crippen molar-refractivity contribution in [2.24, 2.45) is 0 Å². The predicted octanol–water partition coefficient (Wildman–Crippen LogP) is 5.30. The monoisotopic (exact) mass is 460 g/mol. The summed E-state index contributed by atoms with van der Waals surface area (Å²) in [4.78, 5) is 28.2. The molecule has 3 rings (SSSR count). The highest BCUT2D eigenvalue weighted by Crippen LogP contribution is 2.30. The molecule has 3 aromatic rings. The highest BCUT2D eigenvalue weighted by Gasteiger charge is 2.20. The van der Waals surface area contributed by atoms with Gasteiger partial charge in [0, 0.05) is 21.9 Å². The first kappa shape index (κ1) is 20.6. The Labute approximate surface area is 173 Å². The molecular weight excluding hydrogens is 446 g/mol. The summed E-state index contributed by atoms with van der Waals surface area (Å²) in [6.07, 6.45) is 2.04. The van der Waals surface area contributed by atoms with E-state index in [0.717, 1.165) is 12.1 Å². The zero-order valence-corrected chi connectivity index (χ0v) is 16.8. The molecule has 0 aliphatic carbocycles. The third kappa shape index (κ3) is 4.17. The van der Waals surface area contributed by atoms with Crippen molar-refractivity contribution in [1.82, 2.24) is 4.98 Å². The average Bonchev–Trinajstić information content (AvgIpc) is 2.68. The van der Waals surface area contributed by atoms with Crippen LogP contribution in [0.2, 0.25) is 0 Å². The number of carboxylic acids is 1. The van der Waals surface area contributed by atoms with Gasteiger partial charge in [-0.25, -0.2) is 13.6 Å². The molecule has 0 spiro atoms. The van der Waals surface area contributed by atoms with Gasteiger partial charge in [-0.2, -0.15) is 0 Å². The number of carbonyl (C=O) groups is 2. The minimum Gasteiger partial charge on any atom is -0.478 e. The SMILES string of the molecule is CCc1c(Br)cnc(-c2ccc(NC(=O)c3c(F)cccc3F)cc2)c1C(=O)O. The second kappa shape index (κ2) is 8.48. The van der Waals surface area contributed by atoms with Gasteiger partial charge in [0.15, 0.2) is 0 Å². The van der Waals surface area contributed by atoms with Crippen LogP contribution in [0.4, 0.5) is 14.5 Å². The number of carbonyl (C=O) groups excluding carboxylic acids is 1. The van der Waals surface area contributed by atoms with E-state index in [9.17, 15) is 23.5 Å². The normalized spacial score (nSPS) is 10.6. The van der Waals surface area contributed by atoms with Crippen molar-refractivity contribution in [2.75, 3.05) is 5.32 Å². The summed E-state index contributed by atoms with van der Waals surface area (Å²) in [6, 6.07) is 9.34. The van der Waals surface area contributed by atoms with E-state index < -0.39 is 29.1 Å². The van der Waals surface area contributed by atoms with Crippen LogP contribution in [0.25, 0.3) is 11.3 Å². The Kier molecular flexibility index (Phi) is 6.03. The molecule has 148 valence electrons. The first-order chi connectivity index (χ1) is 13.8. The summed E-state index contributed by atoms with van der Waals surface area (Å²) < 4.78 is 28.1. The second-order valence-electron chi connectivity index (χ2n) is 6.10. The summed E-state index contributed by atoms with van der Waals surface area (Å²) in [5.41, 5.74) is 1.15. The van der Waals surface area contributed by atoms with Gasteiger partial charge in [0.25, 0.3) is 5.91 Å². The van der Waals surface area contributed by atoms with E-state index in [4.69, 9.17) is 0 Å². The Morgan fingerprint density at radius 1 is 1.07 bits per heavy atom. The van der Waals surface area contributed by atoms with Crippen LogP contribution < -0.4 is 5.32 Å². The maximum absolute atomic E-state index is 13.7. The van der Waals surface area contributed by atoms with E-state index in [1.165, 1.54) is 24.4 Å². The van der Waals surface area contributed by atoms with E-state index in [1.807, 2.05) is 6.92 Å². The molecule has 0 aliphatic heterocycles. The molecule has 0 unspecified atom stereocenters. The van der Waals surface area contributed by atoms with Crippen molar-refractivity contribution in [1.29, 1.82) is 0 Å². The first-order valence-electron chi connectivity index (χ1n) is 8.60. The number of hydrogen-bond donors (Lipinski definition) is 2. The molecular formula is C21H15BrF2N2O3. The summed E-state index contributed by atoms with van der Waals surface area (Å²) in [6.45, 7) is 1.84. The van der Waals surface area contributed by atoms with Gasteiger partial charge in [-0.3, -0.25) is 9.78 Å². The van der Waals surface area contributed by atoms with Crippen molar-refractivity contribution in [2.45, 2.75) is 13.3 Å². The molecule has 5 nitrogen and oxygen atoms in total. The second-order valence-corrected chi connectivity index (χ2v) is 6.95. The Morgan fingerprint density at radius 2 is 1.69 bits per heavy atom. The van der Waals surface area contributed by atoms with Gasteiger partial charge >= 0.3 is 5.97 Å². The zero-order chi connectivity index (χ0) is 21.1. The van der Waals surface area contributed by atoms with Crippen LogP contribution in [0.3, 0.4) is 0 Å². The van der Waals surface area contributed by atoms with Gasteiger partial charge in [0.05, 0.1) is 11.3 Å². The van der Waals surface area contributed by atoms with Crippen molar-refractivity contribution in [3.05, 3.63) is 81.5 Å². The lowest BCUT2D eigenvalue weighted by Gasteiger charge is -2.12. The van der Waals surface area contributed by atoms with Gasteiger partial charge in [-0.1, -0.05) is 25.1 Å². The lowest BCUT2D eigenvalue weighted by molar-refractivity contribution is 0.0696. The highest BCUT2D eigenvalue weighted by atomic mass is 79.9. The molecule has 29 heavy (non-hydrogen) atoms. The largest absolute Gasteiger partial charge is 0.478 e. The van der Waals surface area contributed by atoms with Gasteiger partial charge in [0.2, 0.25) is 0 Å². The van der Waals surface area contributed by atoms with Crippen LogP contribution in [-0.4, -0.2) is 22.0 Å². The van der Waals surface area contributed by atoms with Crippen molar-refractivity contribution < 1.29 is 23.5 Å². The number of nitrogens with zero attached hydrogens (tertiary/aromatic N) is 1. The van der Waals surface area contributed by atoms with Crippen LogP contribution >= 0.6 is 15.9 Å². The van der Waals surface area contributed by atoms with Crippen LogP contribution in [0.15, 0.2) is 53.1 Å². The molecule has 1 aromatic heterocycles. The van der Waals surface area contributed by atoms with Crippen LogP contribution in [0, 0.1) is 11.6 Å². The molecule has 0 aliphatic rings. The zero-order valence-electron chi connectivity index (χ0n) is 15.2. The minimum atomic E-state index is -1.10. The molecule has 2 aromatic carbocycles. The third-order valence-electron chi connectivity index (χ3n) is 4.31. The number of hydrogen-bond acceptors (Lipinski definition) is 3. The van der Waals surface area contributed by atoms with Crippen LogP contribution in [0.1, 0.15) is 33.2 Å². The molecule has 0 bridgehead atoms. The number of nitrogens with one attached hydrogen (secondary N) is 1. The quantitative estimate of drug-likeness (QED) is 0.541. The minimum absolute atomic E-state index is 0.0899. The molecule has 0 radical (unpaired) electrons. The van der Waals surface area contributed by atoms with Crippen LogP contribution in [0.5, 0.6) is 0 Å². The molecule has 1 heterocycles. The van der Waals surface area contributed by atoms with E-state index in [0.29, 0.717) is 27.7 Å². The number of amides is 1. The summed E-state index contributed by atoms with van der Waals surface area (Å²) >= 11 is 3.32. The maximum Gasteiger partial charge on any atom is 0.338 e. The fourth-order valence-electron chi connectivity index (χ4n) is 2.94. The molecule has 2 N–H and O–H groups in total. The smallest absolute Gasteiger partial charge is 0.338 e. The summed E-state index contributed by atoms with van der Waals surface area (Å²) in [5.74, 6) is -3.94. The van der Waals surface area contributed by atoms with Gasteiger partial charge in [-0.15, -0.1) is 0 Å². The maximum atomic E-state index is 13.7. The Balaban J connectivity index is 1.92. The van der Waals surface area contributed by atoms with Gasteiger partial charge in [-0.05, 0) is 52.2 Å². The van der Waals surface area contributed by atoms with E-state index in [1.54, 1.807) is 12.1 Å². The number of aromatic nitrogens is 1. The lowest BCUT2D eigenvalue weighted by Crippen LogP contribution is -2.15. The van der Waals surface area contributed by atoms with E-state index >= 15 is 0 Å². The van der Waals surface area contributed by atoms with E-state index in [2.05, 4.69) is 26.2 Å². The number of pyridine rings is 1. The number of halogens is 3. The molecule has 0 fully saturated rings. The lowest BCUT2D eigenvalue weighted by atomic mass is 9.99. The van der Waals surface area contributed by atoms with E-state index in [-0.39, 0.29) is 11.3 Å². The van der Waals surface area contributed by atoms with Crippen LogP contribution in [-0.2, 0) is 6.42 Å². The number of benzene rings is 2. The Morgan fingerprint density at radius 3 is 2.24 bits per heavy atom. The predicted molar refractivity (Wildman–Crippen MR) is 108 cm³/mol. The number of rotatable bonds is 5. The van der Waals surface area contributed by atoms with Crippen molar-refractivity contribution in [3.8, 4) is 11.3 Å².